The average molecular weight is 215 g/mol. The van der Waals surface area contributed by atoms with Gasteiger partial charge in [0.2, 0.25) is 5.91 Å². The molecule has 0 saturated heterocycles. The van der Waals surface area contributed by atoms with Crippen LogP contribution in [-0.2, 0) is 4.79 Å². The molecule has 0 aliphatic carbocycles. The molecule has 1 atom stereocenters. The van der Waals surface area contributed by atoms with Gasteiger partial charge in [-0.2, -0.15) is 0 Å². The van der Waals surface area contributed by atoms with Crippen LogP contribution in [-0.4, -0.2) is 17.2 Å². The zero-order valence-corrected chi connectivity index (χ0v) is 10.1. The lowest BCUT2D eigenvalue weighted by molar-refractivity contribution is -0.124. The molecule has 0 aromatic carbocycles. The van der Waals surface area contributed by atoms with Gasteiger partial charge in [0, 0.05) is 6.42 Å². The minimum absolute atomic E-state index is 0.0279. The monoisotopic (exact) mass is 215 g/mol. The van der Waals surface area contributed by atoms with E-state index in [-0.39, 0.29) is 5.91 Å². The van der Waals surface area contributed by atoms with Crippen LogP contribution in [0.5, 0.6) is 0 Å². The summed E-state index contributed by atoms with van der Waals surface area (Å²) < 4.78 is 0. The van der Waals surface area contributed by atoms with Crippen LogP contribution in [0, 0.1) is 0 Å². The highest BCUT2D eigenvalue weighted by Gasteiger charge is 2.05. The van der Waals surface area contributed by atoms with Gasteiger partial charge in [0.25, 0.3) is 0 Å². The molecule has 0 aliphatic rings. The molecule has 1 unspecified atom stereocenters. The summed E-state index contributed by atoms with van der Waals surface area (Å²) in [7, 11) is 0. The SMILES string of the molecule is CCCCCCCCC(=O)NC(O)CC. The number of nitrogens with one attached hydrogen (secondary N) is 1. The van der Waals surface area contributed by atoms with Gasteiger partial charge in [-0.3, -0.25) is 4.79 Å². The number of carbonyl (C=O) groups excluding carboxylic acids is 1. The number of carbonyl (C=O) groups is 1. The molecule has 0 aliphatic heterocycles. The smallest absolute Gasteiger partial charge is 0.221 e. The van der Waals surface area contributed by atoms with Crippen molar-refractivity contribution in [2.75, 3.05) is 0 Å². The first-order chi connectivity index (χ1) is 7.20. The fourth-order valence-corrected chi connectivity index (χ4v) is 1.43. The van der Waals surface area contributed by atoms with E-state index in [1.165, 1.54) is 25.7 Å². The molecule has 15 heavy (non-hydrogen) atoms. The molecule has 0 spiro atoms. The maximum absolute atomic E-state index is 11.2. The standard InChI is InChI=1S/C12H25NO2/c1-3-5-6-7-8-9-10-12(15)13-11(14)4-2/h11,14H,3-10H2,1-2H3,(H,13,15). The molecule has 3 heteroatoms. The molecule has 3 nitrogen and oxygen atoms in total. The summed E-state index contributed by atoms with van der Waals surface area (Å²) in [5, 5.41) is 11.7. The van der Waals surface area contributed by atoms with Crippen molar-refractivity contribution >= 4 is 5.91 Å². The van der Waals surface area contributed by atoms with Crippen molar-refractivity contribution in [1.29, 1.82) is 0 Å². The second kappa shape index (κ2) is 9.97. The molecule has 0 heterocycles. The van der Waals surface area contributed by atoms with E-state index >= 15 is 0 Å². The first-order valence-corrected chi connectivity index (χ1v) is 6.18. The van der Waals surface area contributed by atoms with Crippen LogP contribution >= 0.6 is 0 Å². The van der Waals surface area contributed by atoms with E-state index in [1.54, 1.807) is 0 Å². The topological polar surface area (TPSA) is 49.3 Å². The van der Waals surface area contributed by atoms with Gasteiger partial charge >= 0.3 is 0 Å². The van der Waals surface area contributed by atoms with Crippen molar-refractivity contribution in [3.05, 3.63) is 0 Å². The number of aliphatic hydroxyl groups is 1. The highest BCUT2D eigenvalue weighted by atomic mass is 16.3. The first-order valence-electron chi connectivity index (χ1n) is 6.18. The van der Waals surface area contributed by atoms with Crippen LogP contribution in [0.3, 0.4) is 0 Å². The van der Waals surface area contributed by atoms with Crippen molar-refractivity contribution in [2.24, 2.45) is 0 Å². The number of hydrogen-bond acceptors (Lipinski definition) is 2. The van der Waals surface area contributed by atoms with Gasteiger partial charge in [-0.25, -0.2) is 0 Å². The number of hydrogen-bond donors (Lipinski definition) is 2. The zero-order valence-electron chi connectivity index (χ0n) is 10.1. The summed E-state index contributed by atoms with van der Waals surface area (Å²) in [5.41, 5.74) is 0. The molecule has 0 saturated carbocycles. The molecular formula is C12H25NO2. The molecule has 0 rings (SSSR count). The van der Waals surface area contributed by atoms with Gasteiger partial charge in [0.05, 0.1) is 0 Å². The molecule has 90 valence electrons. The van der Waals surface area contributed by atoms with Gasteiger partial charge in [-0.1, -0.05) is 46.0 Å². The van der Waals surface area contributed by atoms with Gasteiger partial charge in [0.15, 0.2) is 0 Å². The lowest BCUT2D eigenvalue weighted by atomic mass is 10.1. The van der Waals surface area contributed by atoms with E-state index in [0.717, 1.165) is 12.8 Å². The fraction of sp³-hybridized carbons (Fsp3) is 0.917. The van der Waals surface area contributed by atoms with Crippen molar-refractivity contribution in [3.8, 4) is 0 Å². The number of amides is 1. The Morgan fingerprint density at radius 3 is 2.33 bits per heavy atom. The fourth-order valence-electron chi connectivity index (χ4n) is 1.43. The summed E-state index contributed by atoms with van der Waals surface area (Å²) in [6.45, 7) is 4.04. The van der Waals surface area contributed by atoms with E-state index in [2.05, 4.69) is 12.2 Å². The maximum Gasteiger partial charge on any atom is 0.221 e. The van der Waals surface area contributed by atoms with Crippen molar-refractivity contribution in [1.82, 2.24) is 5.32 Å². The van der Waals surface area contributed by atoms with Crippen LogP contribution in [0.15, 0.2) is 0 Å². The normalized spacial score (nSPS) is 12.5. The minimum atomic E-state index is -0.669. The van der Waals surface area contributed by atoms with Crippen LogP contribution in [0.4, 0.5) is 0 Å². The van der Waals surface area contributed by atoms with Gasteiger partial charge in [0.1, 0.15) is 6.23 Å². The summed E-state index contributed by atoms with van der Waals surface area (Å²) in [6, 6.07) is 0. The predicted octanol–water partition coefficient (Wildman–Crippen LogP) is 2.58. The molecule has 1 amide bonds. The number of rotatable bonds is 9. The van der Waals surface area contributed by atoms with E-state index in [4.69, 9.17) is 5.11 Å². The third-order valence-electron chi connectivity index (χ3n) is 2.47. The maximum atomic E-state index is 11.2. The van der Waals surface area contributed by atoms with Crippen molar-refractivity contribution in [2.45, 2.75) is 71.4 Å². The first kappa shape index (κ1) is 14.4. The van der Waals surface area contributed by atoms with Crippen LogP contribution < -0.4 is 5.32 Å². The Morgan fingerprint density at radius 2 is 1.73 bits per heavy atom. The second-order valence-corrected chi connectivity index (χ2v) is 4.01. The molecule has 0 bridgehead atoms. The Labute approximate surface area is 93.3 Å². The van der Waals surface area contributed by atoms with E-state index in [1.807, 2.05) is 6.92 Å². The van der Waals surface area contributed by atoms with E-state index < -0.39 is 6.23 Å². The summed E-state index contributed by atoms with van der Waals surface area (Å²) in [4.78, 5) is 11.2. The molecule has 0 fully saturated rings. The third-order valence-corrected chi connectivity index (χ3v) is 2.47. The zero-order chi connectivity index (χ0) is 11.5. The summed E-state index contributed by atoms with van der Waals surface area (Å²) in [5.74, 6) is -0.0279. The Balaban J connectivity index is 3.24. The third kappa shape index (κ3) is 9.73. The predicted molar refractivity (Wildman–Crippen MR) is 62.4 cm³/mol. The Bertz CT molecular complexity index is 160. The Hall–Kier alpha value is -0.570. The average Bonchev–Trinajstić information content (AvgIpc) is 2.23. The van der Waals surface area contributed by atoms with Gasteiger partial charge in [-0.15, -0.1) is 0 Å². The minimum Gasteiger partial charge on any atom is -0.374 e. The van der Waals surface area contributed by atoms with Crippen LogP contribution in [0.1, 0.15) is 65.2 Å². The molecular weight excluding hydrogens is 190 g/mol. The lowest BCUT2D eigenvalue weighted by Gasteiger charge is -2.09. The number of unbranched alkanes of at least 4 members (excludes halogenated alkanes) is 5. The van der Waals surface area contributed by atoms with Crippen LogP contribution in [0.2, 0.25) is 0 Å². The van der Waals surface area contributed by atoms with Crippen molar-refractivity contribution in [3.63, 3.8) is 0 Å². The molecule has 0 aromatic heterocycles. The molecule has 0 radical (unpaired) electrons. The van der Waals surface area contributed by atoms with Crippen LogP contribution in [0.25, 0.3) is 0 Å². The largest absolute Gasteiger partial charge is 0.374 e. The lowest BCUT2D eigenvalue weighted by Crippen LogP contribution is -2.33. The summed E-state index contributed by atoms with van der Waals surface area (Å²) >= 11 is 0. The second-order valence-electron chi connectivity index (χ2n) is 4.01. The van der Waals surface area contributed by atoms with Crippen molar-refractivity contribution < 1.29 is 9.90 Å². The number of aliphatic hydroxyl groups excluding tert-OH is 1. The Morgan fingerprint density at radius 1 is 1.13 bits per heavy atom. The van der Waals surface area contributed by atoms with E-state index in [0.29, 0.717) is 12.8 Å². The molecule has 0 aromatic rings. The van der Waals surface area contributed by atoms with E-state index in [9.17, 15) is 4.79 Å². The van der Waals surface area contributed by atoms with Gasteiger partial charge in [-0.05, 0) is 12.8 Å². The van der Waals surface area contributed by atoms with Gasteiger partial charge < -0.3 is 10.4 Å². The highest BCUT2D eigenvalue weighted by molar-refractivity contribution is 5.75. The molecule has 2 N–H and O–H groups in total. The quantitative estimate of drug-likeness (QED) is 0.459. The highest BCUT2D eigenvalue weighted by Crippen LogP contribution is 2.06. The summed E-state index contributed by atoms with van der Waals surface area (Å²) in [6.07, 6.45) is 7.54. The Kier molecular flexibility index (Phi) is 9.59.